The predicted molar refractivity (Wildman–Crippen MR) is 82.4 cm³/mol. The van der Waals surface area contributed by atoms with Gasteiger partial charge in [0.2, 0.25) is 0 Å². The van der Waals surface area contributed by atoms with Crippen LogP contribution in [0.25, 0.3) is 10.9 Å². The molecule has 0 amide bonds. The summed E-state index contributed by atoms with van der Waals surface area (Å²) in [6.45, 7) is 0. The highest BCUT2D eigenvalue weighted by Crippen LogP contribution is 2.33. The molecule has 0 radical (unpaired) electrons. The minimum atomic E-state index is 0.593. The van der Waals surface area contributed by atoms with Crippen LogP contribution in [0.15, 0.2) is 54.7 Å². The average molecular weight is 265 g/mol. The van der Waals surface area contributed by atoms with Crippen LogP contribution in [0.1, 0.15) is 0 Å². The third-order valence-electron chi connectivity index (χ3n) is 3.20. The van der Waals surface area contributed by atoms with E-state index in [-0.39, 0.29) is 0 Å². The number of hydrogen-bond acceptors (Lipinski definition) is 4. The van der Waals surface area contributed by atoms with Crippen LogP contribution >= 0.6 is 0 Å². The second-order valence-electron chi connectivity index (χ2n) is 4.42. The van der Waals surface area contributed by atoms with E-state index in [1.54, 1.807) is 13.3 Å². The maximum absolute atomic E-state index is 6.08. The first-order chi connectivity index (χ1) is 9.79. The summed E-state index contributed by atoms with van der Waals surface area (Å²) in [5, 5.41) is 4.40. The number of fused-ring (bicyclic) bond motifs is 1. The van der Waals surface area contributed by atoms with Crippen LogP contribution in [0.3, 0.4) is 0 Å². The summed E-state index contributed by atoms with van der Waals surface area (Å²) in [6, 6.07) is 15.6. The van der Waals surface area contributed by atoms with Crippen LogP contribution in [-0.2, 0) is 0 Å². The van der Waals surface area contributed by atoms with Crippen LogP contribution in [0.4, 0.5) is 17.1 Å². The number of pyridine rings is 1. The van der Waals surface area contributed by atoms with Crippen LogP contribution < -0.4 is 15.8 Å². The molecule has 1 aromatic heterocycles. The van der Waals surface area contributed by atoms with Crippen molar-refractivity contribution >= 4 is 28.0 Å². The zero-order chi connectivity index (χ0) is 13.9. The van der Waals surface area contributed by atoms with Crippen molar-refractivity contribution in [3.8, 4) is 5.75 Å². The molecule has 1 heterocycles. The number of anilines is 3. The fourth-order valence-electron chi connectivity index (χ4n) is 2.19. The molecular formula is C16H15N3O. The average Bonchev–Trinajstić information content (AvgIpc) is 2.50. The van der Waals surface area contributed by atoms with E-state index in [4.69, 9.17) is 10.5 Å². The number of hydrogen-bond donors (Lipinski definition) is 2. The number of nitrogens with two attached hydrogens (primary N) is 1. The lowest BCUT2D eigenvalue weighted by molar-refractivity contribution is 0.417. The van der Waals surface area contributed by atoms with Crippen LogP contribution in [0.5, 0.6) is 5.75 Å². The summed E-state index contributed by atoms with van der Waals surface area (Å²) in [7, 11) is 1.61. The highest BCUT2D eigenvalue weighted by atomic mass is 16.5. The maximum Gasteiger partial charge on any atom is 0.143 e. The molecule has 20 heavy (non-hydrogen) atoms. The van der Waals surface area contributed by atoms with Crippen molar-refractivity contribution in [2.24, 2.45) is 0 Å². The fourth-order valence-corrected chi connectivity index (χ4v) is 2.19. The molecule has 0 aliphatic carbocycles. The number of para-hydroxylation sites is 1. The van der Waals surface area contributed by atoms with E-state index < -0.39 is 0 Å². The van der Waals surface area contributed by atoms with Gasteiger partial charge in [0.1, 0.15) is 5.75 Å². The fraction of sp³-hybridized carbons (Fsp3) is 0.0625. The van der Waals surface area contributed by atoms with Gasteiger partial charge in [-0.15, -0.1) is 0 Å². The monoisotopic (exact) mass is 265 g/mol. The molecule has 3 N–H and O–H groups in total. The van der Waals surface area contributed by atoms with Crippen molar-refractivity contribution in [1.82, 2.24) is 4.98 Å². The van der Waals surface area contributed by atoms with Gasteiger partial charge in [-0.25, -0.2) is 0 Å². The second-order valence-corrected chi connectivity index (χ2v) is 4.42. The first kappa shape index (κ1) is 12.3. The van der Waals surface area contributed by atoms with Gasteiger partial charge in [0.05, 0.1) is 24.0 Å². The number of rotatable bonds is 3. The third-order valence-corrected chi connectivity index (χ3v) is 3.20. The predicted octanol–water partition coefficient (Wildman–Crippen LogP) is 3.57. The number of benzene rings is 2. The highest BCUT2D eigenvalue weighted by molar-refractivity contribution is 5.94. The van der Waals surface area contributed by atoms with E-state index in [0.29, 0.717) is 11.4 Å². The van der Waals surface area contributed by atoms with Crippen molar-refractivity contribution in [2.75, 3.05) is 18.2 Å². The van der Waals surface area contributed by atoms with Gasteiger partial charge in [-0.05, 0) is 36.4 Å². The largest absolute Gasteiger partial charge is 0.495 e. The van der Waals surface area contributed by atoms with Gasteiger partial charge in [0, 0.05) is 17.3 Å². The molecule has 100 valence electrons. The van der Waals surface area contributed by atoms with Crippen LogP contribution in [0, 0.1) is 0 Å². The van der Waals surface area contributed by atoms with Crippen LogP contribution in [-0.4, -0.2) is 12.1 Å². The summed E-state index contributed by atoms with van der Waals surface area (Å²) in [5.74, 6) is 0.661. The summed E-state index contributed by atoms with van der Waals surface area (Å²) in [5.41, 5.74) is 9.41. The highest BCUT2D eigenvalue weighted by Gasteiger charge is 2.07. The normalized spacial score (nSPS) is 10.4. The molecule has 3 aromatic rings. The van der Waals surface area contributed by atoms with Gasteiger partial charge in [-0.2, -0.15) is 0 Å². The van der Waals surface area contributed by atoms with Gasteiger partial charge in [-0.3, -0.25) is 4.98 Å². The van der Waals surface area contributed by atoms with Crippen LogP contribution in [0.2, 0.25) is 0 Å². The molecule has 0 atom stereocenters. The Morgan fingerprint density at radius 1 is 1.00 bits per heavy atom. The number of ether oxygens (including phenoxy) is 1. The third kappa shape index (κ3) is 2.12. The number of aromatic nitrogens is 1. The van der Waals surface area contributed by atoms with Gasteiger partial charge in [0.15, 0.2) is 0 Å². The molecule has 0 aliphatic rings. The maximum atomic E-state index is 6.08. The van der Waals surface area contributed by atoms with Crippen molar-refractivity contribution < 1.29 is 4.74 Å². The summed E-state index contributed by atoms with van der Waals surface area (Å²) >= 11 is 0. The van der Waals surface area contributed by atoms with Crippen molar-refractivity contribution in [3.63, 3.8) is 0 Å². The number of nitrogen functional groups attached to an aromatic ring is 1. The van der Waals surface area contributed by atoms with Crippen molar-refractivity contribution in [2.45, 2.75) is 0 Å². The molecule has 0 aliphatic heterocycles. The van der Waals surface area contributed by atoms with Gasteiger partial charge >= 0.3 is 0 Å². The standard InChI is InChI=1S/C16H15N3O/c1-20-15-9-3-8-14(16(15)17)19-13-7-2-6-12-11(13)5-4-10-18-12/h2-10,19H,17H2,1H3. The van der Waals surface area contributed by atoms with E-state index in [0.717, 1.165) is 22.3 Å². The summed E-state index contributed by atoms with van der Waals surface area (Å²) in [4.78, 5) is 4.34. The van der Waals surface area contributed by atoms with E-state index in [1.165, 1.54) is 0 Å². The Bertz CT molecular complexity index is 750. The molecule has 0 unspecified atom stereocenters. The molecule has 0 saturated heterocycles. The zero-order valence-corrected chi connectivity index (χ0v) is 11.1. The Kier molecular flexibility index (Phi) is 3.13. The van der Waals surface area contributed by atoms with E-state index in [9.17, 15) is 0 Å². The first-order valence-corrected chi connectivity index (χ1v) is 6.33. The number of nitrogens with zero attached hydrogens (tertiary/aromatic N) is 1. The molecule has 3 rings (SSSR count). The second kappa shape index (κ2) is 5.09. The molecule has 0 bridgehead atoms. The summed E-state index contributed by atoms with van der Waals surface area (Å²) < 4.78 is 5.23. The van der Waals surface area contributed by atoms with E-state index >= 15 is 0 Å². The number of methoxy groups -OCH3 is 1. The Balaban J connectivity index is 2.06. The van der Waals surface area contributed by atoms with Crippen molar-refractivity contribution in [3.05, 3.63) is 54.7 Å². The smallest absolute Gasteiger partial charge is 0.143 e. The topological polar surface area (TPSA) is 60.2 Å². The minimum absolute atomic E-state index is 0.593. The SMILES string of the molecule is COc1cccc(Nc2cccc3ncccc23)c1N. The molecule has 0 spiro atoms. The molecule has 4 nitrogen and oxygen atoms in total. The Morgan fingerprint density at radius 3 is 2.65 bits per heavy atom. The lowest BCUT2D eigenvalue weighted by Crippen LogP contribution is -1.99. The number of nitrogens with one attached hydrogen (secondary N) is 1. The quantitative estimate of drug-likeness (QED) is 0.711. The molecule has 0 saturated carbocycles. The molecule has 0 fully saturated rings. The Hall–Kier alpha value is -2.75. The first-order valence-electron chi connectivity index (χ1n) is 6.33. The minimum Gasteiger partial charge on any atom is -0.495 e. The van der Waals surface area contributed by atoms with E-state index in [1.807, 2.05) is 48.5 Å². The van der Waals surface area contributed by atoms with Crippen molar-refractivity contribution in [1.29, 1.82) is 0 Å². The van der Waals surface area contributed by atoms with E-state index in [2.05, 4.69) is 10.3 Å². The summed E-state index contributed by atoms with van der Waals surface area (Å²) in [6.07, 6.45) is 1.78. The van der Waals surface area contributed by atoms with Gasteiger partial charge in [0.25, 0.3) is 0 Å². The lowest BCUT2D eigenvalue weighted by atomic mass is 10.1. The zero-order valence-electron chi connectivity index (χ0n) is 11.1. The Labute approximate surface area is 117 Å². The molecule has 4 heteroatoms. The van der Waals surface area contributed by atoms with Gasteiger partial charge in [-0.1, -0.05) is 12.1 Å². The Morgan fingerprint density at radius 2 is 1.80 bits per heavy atom. The molecule has 2 aromatic carbocycles. The lowest BCUT2D eigenvalue weighted by Gasteiger charge is -2.13. The molecular weight excluding hydrogens is 250 g/mol. The van der Waals surface area contributed by atoms with Gasteiger partial charge < -0.3 is 15.8 Å².